The summed E-state index contributed by atoms with van der Waals surface area (Å²) in [6.45, 7) is 12.1. The molecular weight excluding hydrogens is 459 g/mol. The zero-order chi connectivity index (χ0) is 22.8. The van der Waals surface area contributed by atoms with Crippen LogP contribution in [-0.2, 0) is 54.9 Å². The molecule has 2 atom stereocenters. The molecule has 0 radical (unpaired) electrons. The molecule has 0 spiro atoms. The molecule has 2 unspecified atom stereocenters. The summed E-state index contributed by atoms with van der Waals surface area (Å²) >= 11 is 0. The van der Waals surface area contributed by atoms with Crippen molar-refractivity contribution in [3.63, 3.8) is 0 Å². The summed E-state index contributed by atoms with van der Waals surface area (Å²) in [6.07, 6.45) is 4.18. The van der Waals surface area contributed by atoms with Crippen LogP contribution in [-0.4, -0.2) is 73.0 Å². The molecule has 0 aliphatic rings. The molecule has 0 saturated carbocycles. The number of aliphatic hydroxyl groups is 2. The summed E-state index contributed by atoms with van der Waals surface area (Å²) in [6, 6.07) is 0. The van der Waals surface area contributed by atoms with E-state index in [4.69, 9.17) is 19.7 Å². The average molecular weight is 498 g/mol. The van der Waals surface area contributed by atoms with Gasteiger partial charge in [0.1, 0.15) is 24.8 Å². The van der Waals surface area contributed by atoms with Crippen molar-refractivity contribution in [2.75, 3.05) is 26.4 Å². The third kappa shape index (κ3) is 58.4. The van der Waals surface area contributed by atoms with Gasteiger partial charge in [0.25, 0.3) is 0 Å². The van der Waals surface area contributed by atoms with Crippen LogP contribution >= 0.6 is 0 Å². The fourth-order valence-corrected chi connectivity index (χ4v) is 0.695. The second-order valence-electron chi connectivity index (χ2n) is 5.51. The Balaban J connectivity index is -0.0000000907. The smallest absolute Gasteiger partial charge is 0.541 e. The molecule has 0 rings (SSSR count). The molecule has 0 fully saturated rings. The van der Waals surface area contributed by atoms with Crippen molar-refractivity contribution in [1.82, 2.24) is 0 Å². The molecule has 0 saturated heterocycles. The van der Waals surface area contributed by atoms with E-state index in [1.165, 1.54) is 12.6 Å². The predicted octanol–water partition coefficient (Wildman–Crippen LogP) is 1.74. The van der Waals surface area contributed by atoms with Crippen LogP contribution in [0.3, 0.4) is 0 Å². The van der Waals surface area contributed by atoms with Crippen molar-refractivity contribution in [3.8, 4) is 0 Å². The molecule has 29 heavy (non-hydrogen) atoms. The third-order valence-corrected chi connectivity index (χ3v) is 2.65. The van der Waals surface area contributed by atoms with E-state index in [9.17, 15) is 19.2 Å². The Bertz CT molecular complexity index is 326. The van der Waals surface area contributed by atoms with Crippen molar-refractivity contribution in [2.45, 2.75) is 79.4 Å². The molecule has 8 nitrogen and oxygen atoms in total. The Morgan fingerprint density at radius 3 is 1.14 bits per heavy atom. The minimum Gasteiger partial charge on any atom is -0.541 e. The number of ketones is 2. The van der Waals surface area contributed by atoms with Gasteiger partial charge in [0.2, 0.25) is 0 Å². The topological polar surface area (TPSA) is 127 Å². The van der Waals surface area contributed by atoms with Crippen LogP contribution in [0.4, 0.5) is 0 Å². The number of rotatable bonds is 12. The molecular formula is C20H38O8Zr. The Labute approximate surface area is 194 Å². The normalized spacial score (nSPS) is 10.8. The molecule has 0 aliphatic carbocycles. The van der Waals surface area contributed by atoms with E-state index in [2.05, 4.69) is 0 Å². The van der Waals surface area contributed by atoms with Gasteiger partial charge in [-0.3, -0.25) is 22.2 Å². The predicted molar refractivity (Wildman–Crippen MR) is 108 cm³/mol. The van der Waals surface area contributed by atoms with E-state index >= 15 is 0 Å². The minimum atomic E-state index is -0.216. The van der Waals surface area contributed by atoms with Gasteiger partial charge in [0.15, 0.2) is 0 Å². The van der Waals surface area contributed by atoms with Gasteiger partial charge in [0.05, 0.1) is 12.2 Å². The van der Waals surface area contributed by atoms with E-state index in [1.54, 1.807) is 27.7 Å². The van der Waals surface area contributed by atoms with Crippen LogP contribution in [0.5, 0.6) is 0 Å². The zero-order valence-electron chi connectivity index (χ0n) is 18.7. The van der Waals surface area contributed by atoms with Gasteiger partial charge in [-0.2, -0.15) is 0 Å². The van der Waals surface area contributed by atoms with Gasteiger partial charge in [-0.25, -0.2) is 0 Å². The van der Waals surface area contributed by atoms with Crippen molar-refractivity contribution in [1.29, 1.82) is 0 Å². The van der Waals surface area contributed by atoms with Crippen molar-refractivity contribution < 1.29 is 65.1 Å². The molecule has 170 valence electrons. The number of carbonyl (C=O) groups excluding carboxylic acids is 4. The maximum absolute atomic E-state index is 10.4. The van der Waals surface area contributed by atoms with Gasteiger partial charge in [-0.15, -0.1) is 0 Å². The Morgan fingerprint density at radius 1 is 0.759 bits per heavy atom. The van der Waals surface area contributed by atoms with Crippen molar-refractivity contribution in [3.05, 3.63) is 0 Å². The molecule has 0 aromatic rings. The molecule has 0 aliphatic heterocycles. The summed E-state index contributed by atoms with van der Waals surface area (Å²) in [7, 11) is 0. The summed E-state index contributed by atoms with van der Waals surface area (Å²) in [4.78, 5) is 40.0. The van der Waals surface area contributed by atoms with E-state index in [0.717, 1.165) is 12.8 Å². The summed E-state index contributed by atoms with van der Waals surface area (Å²) in [5, 5.41) is 16.7. The van der Waals surface area contributed by atoms with E-state index in [1.807, 2.05) is 13.8 Å². The minimum absolute atomic E-state index is 0. The largest absolute Gasteiger partial charge is 2.00 e. The molecule has 0 aromatic heterocycles. The molecule has 0 heterocycles. The number of carbonyl (C=O) groups is 2. The van der Waals surface area contributed by atoms with Crippen molar-refractivity contribution in [2.24, 2.45) is 0 Å². The van der Waals surface area contributed by atoms with Gasteiger partial charge < -0.3 is 29.3 Å². The maximum atomic E-state index is 10.4. The fraction of sp³-hybridized carbons (Fsp3) is 0.800. The number of ether oxygens (including phenoxy) is 2. The first-order chi connectivity index (χ1) is 13.2. The second kappa shape index (κ2) is 34.9. The van der Waals surface area contributed by atoms with Crippen LogP contribution in [0.15, 0.2) is 0 Å². The monoisotopic (exact) mass is 496 g/mol. The number of hydrogen-bond acceptors (Lipinski definition) is 8. The summed E-state index contributed by atoms with van der Waals surface area (Å²) < 4.78 is 9.44. The molecule has 9 heteroatoms. The fourth-order valence-electron chi connectivity index (χ4n) is 0.695. The van der Waals surface area contributed by atoms with Crippen molar-refractivity contribution >= 4 is 24.1 Å². The van der Waals surface area contributed by atoms with Crippen LogP contribution in [0, 0.1) is 0 Å². The van der Waals surface area contributed by atoms with Crippen LogP contribution in [0.25, 0.3) is 0 Å². The SMILES string of the molecule is CCC(C)O.CCC(C)O.CCOCC(=O)C[C-]=O.CCOCC(=O)C[C-]=O.[Zr+2]. The van der Waals surface area contributed by atoms with E-state index in [0.29, 0.717) is 13.2 Å². The van der Waals surface area contributed by atoms with Gasteiger partial charge >= 0.3 is 26.2 Å². The summed E-state index contributed by atoms with van der Waals surface area (Å²) in [5.41, 5.74) is 0. The van der Waals surface area contributed by atoms with Crippen LogP contribution < -0.4 is 0 Å². The quantitative estimate of drug-likeness (QED) is 0.308. The zero-order valence-corrected chi connectivity index (χ0v) is 21.1. The Morgan fingerprint density at radius 2 is 1.00 bits per heavy atom. The standard InChI is InChI=1S/2C6H9O3.2C4H10O.Zr/c2*1-2-9-5-6(8)3-4-7;2*1-3-4(2)5;/h2*2-3,5H2,1H3;2*4-5H,3H2,1-2H3;/q2*-1;;;+2. The van der Waals surface area contributed by atoms with Gasteiger partial charge in [-0.05, 0) is 40.5 Å². The third-order valence-electron chi connectivity index (χ3n) is 2.65. The van der Waals surface area contributed by atoms with E-state index in [-0.39, 0.29) is 76.0 Å². The number of aliphatic hydroxyl groups excluding tert-OH is 2. The molecule has 0 bridgehead atoms. The number of Topliss-reactive ketones (excluding diaryl/α,β-unsaturated/α-hetero) is 2. The molecule has 0 amide bonds. The van der Waals surface area contributed by atoms with Gasteiger partial charge in [-0.1, -0.05) is 26.7 Å². The average Bonchev–Trinajstić information content (AvgIpc) is 2.66. The first-order valence-corrected chi connectivity index (χ1v) is 9.41. The first kappa shape index (κ1) is 38.9. The maximum Gasteiger partial charge on any atom is 2.00 e. The Hall–Kier alpha value is -0.597. The molecule has 2 N–H and O–H groups in total. The Kier molecular flexibility index (Phi) is 46.8. The van der Waals surface area contributed by atoms with Crippen LogP contribution in [0.1, 0.15) is 67.2 Å². The summed E-state index contributed by atoms with van der Waals surface area (Å²) in [5.74, 6) is -0.432. The van der Waals surface area contributed by atoms with Crippen LogP contribution in [0.2, 0.25) is 0 Å². The van der Waals surface area contributed by atoms with E-state index < -0.39 is 0 Å². The first-order valence-electron chi connectivity index (χ1n) is 9.41. The number of hydrogen-bond donors (Lipinski definition) is 2. The second-order valence-corrected chi connectivity index (χ2v) is 5.51. The molecule has 0 aromatic carbocycles. The van der Waals surface area contributed by atoms with Gasteiger partial charge in [0, 0.05) is 13.2 Å².